The quantitative estimate of drug-likeness (QED) is 0.0436. The predicted molar refractivity (Wildman–Crippen MR) is 211 cm³/mol. The number of rotatable bonds is 17. The number of hydrogen-bond acceptors (Lipinski definition) is 10. The molecule has 0 bridgehead atoms. The van der Waals surface area contributed by atoms with Crippen molar-refractivity contribution in [3.8, 4) is 11.5 Å². The van der Waals surface area contributed by atoms with Gasteiger partial charge in [0.1, 0.15) is 22.7 Å². The van der Waals surface area contributed by atoms with Crippen LogP contribution in [0.4, 0.5) is 11.4 Å². The maximum absolute atomic E-state index is 13.5. The number of methoxy groups -OCH3 is 1. The summed E-state index contributed by atoms with van der Waals surface area (Å²) in [6.45, 7) is 15.8. The second-order valence-electron chi connectivity index (χ2n) is 14.4. The zero-order chi connectivity index (χ0) is 40.8. The average molecular weight is 778 g/mol. The third-order valence-electron chi connectivity index (χ3n) is 9.58. The first-order valence-electron chi connectivity index (χ1n) is 17.8. The number of aryl methyl sites for hydroxylation is 3. The molecule has 0 aliphatic rings. The Labute approximate surface area is 320 Å². The number of primary amides is 2. The summed E-state index contributed by atoms with van der Waals surface area (Å²) < 4.78 is 22.9. The van der Waals surface area contributed by atoms with Crippen LogP contribution >= 0.6 is 0 Å². The largest absolute Gasteiger partial charge is 0.494 e. The smallest absolute Gasteiger partial charge is 0.298 e. The van der Waals surface area contributed by atoms with Gasteiger partial charge >= 0.3 is 0 Å². The Bertz CT molecular complexity index is 2210. The molecule has 0 fully saturated rings. The number of anilines is 1. The van der Waals surface area contributed by atoms with Crippen LogP contribution in [0.3, 0.4) is 0 Å². The van der Waals surface area contributed by atoms with E-state index in [9.17, 15) is 24.5 Å². The molecule has 17 nitrogen and oxygen atoms in total. The highest BCUT2D eigenvalue weighted by Gasteiger charge is 2.37. The molecular formula is C37H51N9O8Si. The summed E-state index contributed by atoms with van der Waals surface area (Å²) in [6, 6.07) is 7.27. The van der Waals surface area contributed by atoms with E-state index in [4.69, 9.17) is 25.4 Å². The lowest BCUT2D eigenvalue weighted by Crippen LogP contribution is -2.41. The molecule has 0 atom stereocenters. The zero-order valence-corrected chi connectivity index (χ0v) is 33.9. The van der Waals surface area contributed by atoms with Crippen LogP contribution in [0.25, 0.3) is 11.0 Å². The Morgan fingerprint density at radius 3 is 2.29 bits per heavy atom. The third-order valence-corrected chi connectivity index (χ3v) is 14.1. The van der Waals surface area contributed by atoms with Crippen LogP contribution in [0, 0.1) is 17.0 Å². The molecule has 2 aromatic heterocycles. The molecule has 296 valence electrons. The fourth-order valence-electron chi connectivity index (χ4n) is 5.61. The number of allylic oxidation sites excluding steroid dienone is 1. The molecule has 18 heteroatoms. The number of imidazole rings is 1. The summed E-state index contributed by atoms with van der Waals surface area (Å²) in [6.07, 6.45) is 4.03. The van der Waals surface area contributed by atoms with Gasteiger partial charge in [-0.3, -0.25) is 29.2 Å². The molecule has 4 aromatic rings. The summed E-state index contributed by atoms with van der Waals surface area (Å²) >= 11 is 0. The third kappa shape index (κ3) is 9.50. The van der Waals surface area contributed by atoms with Gasteiger partial charge in [-0.15, -0.1) is 0 Å². The van der Waals surface area contributed by atoms with Gasteiger partial charge in [0.2, 0.25) is 17.4 Å². The van der Waals surface area contributed by atoms with Crippen LogP contribution in [0.2, 0.25) is 18.1 Å². The van der Waals surface area contributed by atoms with Crippen molar-refractivity contribution in [2.24, 2.45) is 23.5 Å². The standard InChI is InChI=1S/C37H51N9O8Si/c1-10-45-28(18-23(2)42-45)35(49)41-36-43(6)27-20-25(34(39)48)22-30(52-7)32(27)44(36)15-12-11-14-40-31-26(46(50)51)19-24(33(38)47)21-29(31)53-16-13-17-54-55(8,9)37(3,4)5/h11-12,18-22,40H,10,13-17H2,1-9H3,(H2,38,47)(H2,39,48)/b12-11+,41-36-. The molecule has 0 unspecified atom stereocenters. The van der Waals surface area contributed by atoms with Gasteiger partial charge in [-0.25, -0.2) is 0 Å². The van der Waals surface area contributed by atoms with Gasteiger partial charge in [-0.2, -0.15) is 10.1 Å². The van der Waals surface area contributed by atoms with E-state index in [1.807, 2.05) is 6.92 Å². The van der Waals surface area contributed by atoms with E-state index in [-0.39, 0.29) is 58.6 Å². The number of nitro groups is 1. The van der Waals surface area contributed by atoms with E-state index in [0.717, 1.165) is 6.07 Å². The number of ether oxygens (including phenoxy) is 2. The molecule has 0 radical (unpaired) electrons. The highest BCUT2D eigenvalue weighted by molar-refractivity contribution is 6.74. The number of nitrogens with two attached hydrogens (primary N) is 2. The van der Waals surface area contributed by atoms with Gasteiger partial charge in [0.05, 0.1) is 29.9 Å². The van der Waals surface area contributed by atoms with Crippen molar-refractivity contribution >= 4 is 48.4 Å². The van der Waals surface area contributed by atoms with E-state index in [1.54, 1.807) is 52.1 Å². The lowest BCUT2D eigenvalue weighted by Gasteiger charge is -2.36. The summed E-state index contributed by atoms with van der Waals surface area (Å²) in [5.41, 5.74) is 13.3. The molecule has 0 aliphatic heterocycles. The average Bonchev–Trinajstić information content (AvgIpc) is 3.63. The number of carbonyl (C=O) groups is 3. The highest BCUT2D eigenvalue weighted by atomic mass is 28.4. The fourth-order valence-corrected chi connectivity index (χ4v) is 6.70. The number of aromatic nitrogens is 4. The number of nitrogens with zero attached hydrogens (tertiary/aromatic N) is 6. The first kappa shape index (κ1) is 42.0. The van der Waals surface area contributed by atoms with Crippen molar-refractivity contribution in [3.63, 3.8) is 0 Å². The van der Waals surface area contributed by atoms with Crippen molar-refractivity contribution in [1.29, 1.82) is 0 Å². The van der Waals surface area contributed by atoms with Crippen LogP contribution in [-0.2, 0) is 24.6 Å². The number of carbonyl (C=O) groups excluding carboxylic acids is 3. The molecular weight excluding hydrogens is 727 g/mol. The van der Waals surface area contributed by atoms with E-state index < -0.39 is 31.0 Å². The number of fused-ring (bicyclic) bond motifs is 1. The van der Waals surface area contributed by atoms with Gasteiger partial charge in [-0.1, -0.05) is 32.9 Å². The molecule has 0 saturated heterocycles. The van der Waals surface area contributed by atoms with Crippen LogP contribution < -0.4 is 31.9 Å². The number of hydrogen-bond donors (Lipinski definition) is 3. The first-order chi connectivity index (χ1) is 25.8. The highest BCUT2D eigenvalue weighted by Crippen LogP contribution is 2.38. The van der Waals surface area contributed by atoms with Gasteiger partial charge in [-0.05, 0) is 56.2 Å². The minimum Gasteiger partial charge on any atom is -0.494 e. The van der Waals surface area contributed by atoms with Crippen molar-refractivity contribution < 1.29 is 33.2 Å². The van der Waals surface area contributed by atoms with Crippen LogP contribution in [-0.4, -0.2) is 76.7 Å². The lowest BCUT2D eigenvalue weighted by molar-refractivity contribution is -0.384. The minimum absolute atomic E-state index is 0.0355. The van der Waals surface area contributed by atoms with Gasteiger partial charge in [0.25, 0.3) is 11.6 Å². The van der Waals surface area contributed by atoms with E-state index in [2.05, 4.69) is 49.3 Å². The van der Waals surface area contributed by atoms with E-state index in [0.29, 0.717) is 47.7 Å². The Morgan fingerprint density at radius 2 is 1.69 bits per heavy atom. The van der Waals surface area contributed by atoms with Crippen LogP contribution in [0.15, 0.2) is 47.5 Å². The molecule has 2 heterocycles. The maximum Gasteiger partial charge on any atom is 0.298 e. The molecule has 2 aromatic carbocycles. The Hall–Kier alpha value is -5.75. The van der Waals surface area contributed by atoms with Crippen LogP contribution in [0.1, 0.15) is 71.0 Å². The van der Waals surface area contributed by atoms with Gasteiger partial charge < -0.3 is 39.8 Å². The minimum atomic E-state index is -1.98. The maximum atomic E-state index is 13.5. The summed E-state index contributed by atoms with van der Waals surface area (Å²) in [4.78, 5) is 53.8. The Morgan fingerprint density at radius 1 is 1.04 bits per heavy atom. The van der Waals surface area contributed by atoms with Gasteiger partial charge in [0.15, 0.2) is 14.0 Å². The number of nitrogens with one attached hydrogen (secondary N) is 1. The monoisotopic (exact) mass is 777 g/mol. The van der Waals surface area contributed by atoms with Crippen molar-refractivity contribution in [2.45, 2.75) is 72.3 Å². The van der Waals surface area contributed by atoms with E-state index in [1.165, 1.54) is 19.2 Å². The SMILES string of the molecule is CCn1nc(C)cc1C(=O)/N=c1/n(C)c2cc(C(N)=O)cc(OC)c2n1C/C=C/CNc1c(OCCCO[Si](C)(C)C(C)(C)C)cc(C(N)=O)cc1[N+](=O)[O-]. The summed E-state index contributed by atoms with van der Waals surface area (Å²) in [5.74, 6) is -1.58. The Balaban J connectivity index is 1.66. The topological polar surface area (TPSA) is 226 Å². The van der Waals surface area contributed by atoms with Crippen molar-refractivity contribution in [2.75, 3.05) is 32.2 Å². The molecule has 55 heavy (non-hydrogen) atoms. The normalized spacial score (nSPS) is 12.4. The molecule has 3 amide bonds. The molecule has 0 aliphatic carbocycles. The predicted octanol–water partition coefficient (Wildman–Crippen LogP) is 4.82. The van der Waals surface area contributed by atoms with Gasteiger partial charge in [0, 0.05) is 56.9 Å². The molecule has 0 saturated carbocycles. The summed E-state index contributed by atoms with van der Waals surface area (Å²) in [7, 11) is 1.18. The first-order valence-corrected chi connectivity index (χ1v) is 20.7. The summed E-state index contributed by atoms with van der Waals surface area (Å²) in [5, 5.41) is 19.6. The van der Waals surface area contributed by atoms with Crippen molar-refractivity contribution in [3.05, 3.63) is 80.7 Å². The number of amides is 3. The molecule has 4 rings (SSSR count). The number of nitro benzene ring substituents is 1. The fraction of sp³-hybridized carbons (Fsp3) is 0.432. The second-order valence-corrected chi connectivity index (χ2v) is 19.2. The Kier molecular flexibility index (Phi) is 13.1. The molecule has 5 N–H and O–H groups in total. The zero-order valence-electron chi connectivity index (χ0n) is 32.9. The molecule has 0 spiro atoms. The number of benzene rings is 2. The van der Waals surface area contributed by atoms with Crippen molar-refractivity contribution in [1.82, 2.24) is 18.9 Å². The lowest BCUT2D eigenvalue weighted by atomic mass is 10.1. The van der Waals surface area contributed by atoms with Crippen LogP contribution in [0.5, 0.6) is 11.5 Å². The second kappa shape index (κ2) is 17.1. The van der Waals surface area contributed by atoms with E-state index >= 15 is 0 Å².